The van der Waals surface area contributed by atoms with Crippen molar-refractivity contribution in [3.05, 3.63) is 168 Å². The molecule has 0 atom stereocenters. The molecule has 186 valence electrons. The van der Waals surface area contributed by atoms with Crippen LogP contribution >= 0.6 is 0 Å². The zero-order valence-electron chi connectivity index (χ0n) is 21.3. The fourth-order valence-corrected chi connectivity index (χ4v) is 6.37. The maximum Gasteiger partial charge on any atom is 0.115 e. The van der Waals surface area contributed by atoms with Crippen LogP contribution in [0.15, 0.2) is 146 Å². The van der Waals surface area contributed by atoms with E-state index in [1.165, 1.54) is 33.4 Å². The molecule has 2 heteroatoms. The summed E-state index contributed by atoms with van der Waals surface area (Å²) < 4.78 is 0. The predicted octanol–water partition coefficient (Wildman–Crippen LogP) is 8.79. The standard InChI is InChI=1S/C37H26O2/c38-27-21-17-25(18-22-27)29-9-1-5-13-33(29)37(34-14-6-2-10-30(34)26-19-23-28(39)24-20-26)35-15-7-3-11-31(35)32-12-4-8-16-36(32)37/h1-24,38-39H. The monoisotopic (exact) mass is 502 g/mol. The molecule has 0 unspecified atom stereocenters. The lowest BCUT2D eigenvalue weighted by Crippen LogP contribution is -2.30. The second kappa shape index (κ2) is 9.04. The molecule has 2 nitrogen and oxygen atoms in total. The minimum atomic E-state index is -0.601. The maximum absolute atomic E-state index is 10.0. The van der Waals surface area contributed by atoms with Gasteiger partial charge in [-0.3, -0.25) is 0 Å². The Bertz CT molecular complexity index is 1680. The summed E-state index contributed by atoms with van der Waals surface area (Å²) in [5, 5.41) is 20.1. The number of hydrogen-bond acceptors (Lipinski definition) is 2. The molecule has 1 aliphatic carbocycles. The van der Waals surface area contributed by atoms with E-state index in [-0.39, 0.29) is 11.5 Å². The van der Waals surface area contributed by atoms with Crippen molar-refractivity contribution in [2.75, 3.05) is 0 Å². The summed E-state index contributed by atoms with van der Waals surface area (Å²) in [6.45, 7) is 0. The van der Waals surface area contributed by atoms with Crippen LogP contribution in [0.2, 0.25) is 0 Å². The van der Waals surface area contributed by atoms with E-state index in [2.05, 4.69) is 97.1 Å². The van der Waals surface area contributed by atoms with Crippen LogP contribution < -0.4 is 0 Å². The number of fused-ring (bicyclic) bond motifs is 3. The number of phenolic OH excluding ortho intramolecular Hbond substituents is 2. The zero-order valence-corrected chi connectivity index (χ0v) is 21.3. The molecule has 0 saturated carbocycles. The minimum Gasteiger partial charge on any atom is -0.508 e. The second-order valence-electron chi connectivity index (χ2n) is 10.0. The van der Waals surface area contributed by atoms with Crippen LogP contribution in [0.3, 0.4) is 0 Å². The highest BCUT2D eigenvalue weighted by atomic mass is 16.3. The molecule has 0 bridgehead atoms. The van der Waals surface area contributed by atoms with Crippen LogP contribution in [0, 0.1) is 0 Å². The molecule has 6 aromatic carbocycles. The average molecular weight is 503 g/mol. The molecular weight excluding hydrogens is 476 g/mol. The zero-order chi connectivity index (χ0) is 26.4. The van der Waals surface area contributed by atoms with Crippen molar-refractivity contribution in [2.45, 2.75) is 5.41 Å². The van der Waals surface area contributed by atoms with E-state index in [0.717, 1.165) is 22.3 Å². The van der Waals surface area contributed by atoms with Gasteiger partial charge in [-0.2, -0.15) is 0 Å². The Labute approximate surface area is 228 Å². The lowest BCUT2D eigenvalue weighted by molar-refractivity contribution is 0.475. The van der Waals surface area contributed by atoms with Crippen molar-refractivity contribution in [1.82, 2.24) is 0 Å². The average Bonchev–Trinajstić information content (AvgIpc) is 3.29. The molecule has 0 aromatic heterocycles. The van der Waals surface area contributed by atoms with Crippen molar-refractivity contribution in [1.29, 1.82) is 0 Å². The molecule has 39 heavy (non-hydrogen) atoms. The third-order valence-corrected chi connectivity index (χ3v) is 7.97. The van der Waals surface area contributed by atoms with Crippen molar-refractivity contribution >= 4 is 0 Å². The van der Waals surface area contributed by atoms with E-state index in [1.54, 1.807) is 24.3 Å². The van der Waals surface area contributed by atoms with Crippen LogP contribution in [-0.4, -0.2) is 10.2 Å². The van der Waals surface area contributed by atoms with E-state index in [0.29, 0.717) is 0 Å². The van der Waals surface area contributed by atoms with Gasteiger partial charge in [-0.05, 0) is 79.9 Å². The van der Waals surface area contributed by atoms with Gasteiger partial charge in [-0.25, -0.2) is 0 Å². The maximum atomic E-state index is 10.0. The molecule has 2 N–H and O–H groups in total. The Morgan fingerprint density at radius 1 is 0.308 bits per heavy atom. The molecule has 0 saturated heterocycles. The first-order valence-electron chi connectivity index (χ1n) is 13.1. The molecule has 0 spiro atoms. The normalized spacial score (nSPS) is 13.0. The Morgan fingerprint density at radius 2 is 0.590 bits per heavy atom. The predicted molar refractivity (Wildman–Crippen MR) is 158 cm³/mol. The third kappa shape index (κ3) is 3.49. The molecule has 0 aliphatic heterocycles. The highest BCUT2D eigenvalue weighted by Gasteiger charge is 2.48. The third-order valence-electron chi connectivity index (χ3n) is 7.97. The highest BCUT2D eigenvalue weighted by Crippen LogP contribution is 2.59. The lowest BCUT2D eigenvalue weighted by Gasteiger charge is -2.37. The molecule has 7 rings (SSSR count). The topological polar surface area (TPSA) is 40.5 Å². The highest BCUT2D eigenvalue weighted by molar-refractivity contribution is 5.91. The minimum absolute atomic E-state index is 0.250. The number of benzene rings is 6. The Hall–Kier alpha value is -5.08. The lowest BCUT2D eigenvalue weighted by atomic mass is 9.64. The number of aromatic hydroxyl groups is 2. The Morgan fingerprint density at radius 3 is 0.949 bits per heavy atom. The summed E-state index contributed by atoms with van der Waals surface area (Å²) in [5.74, 6) is 0.500. The number of phenols is 2. The van der Waals surface area contributed by atoms with Gasteiger partial charge in [0.05, 0.1) is 5.41 Å². The van der Waals surface area contributed by atoms with Crippen LogP contribution in [0.5, 0.6) is 11.5 Å². The largest absolute Gasteiger partial charge is 0.508 e. The number of rotatable bonds is 4. The summed E-state index contributed by atoms with van der Waals surface area (Å²) in [5.41, 5.74) is 11.0. The van der Waals surface area contributed by atoms with Crippen LogP contribution in [0.1, 0.15) is 22.3 Å². The fourth-order valence-electron chi connectivity index (χ4n) is 6.37. The molecule has 0 fully saturated rings. The van der Waals surface area contributed by atoms with E-state index >= 15 is 0 Å². The first-order valence-corrected chi connectivity index (χ1v) is 13.1. The first-order chi connectivity index (χ1) is 19.2. The van der Waals surface area contributed by atoms with Gasteiger partial charge in [0.15, 0.2) is 0 Å². The van der Waals surface area contributed by atoms with Gasteiger partial charge in [0, 0.05) is 0 Å². The Balaban J connectivity index is 1.65. The van der Waals surface area contributed by atoms with Crippen LogP contribution in [-0.2, 0) is 5.41 Å². The quantitative estimate of drug-likeness (QED) is 0.252. The molecule has 6 aromatic rings. The van der Waals surface area contributed by atoms with Crippen LogP contribution in [0.25, 0.3) is 33.4 Å². The summed E-state index contributed by atoms with van der Waals surface area (Å²) in [7, 11) is 0. The molecule has 0 amide bonds. The summed E-state index contributed by atoms with van der Waals surface area (Å²) in [6, 6.07) is 49.6. The van der Waals surface area contributed by atoms with Crippen LogP contribution in [0.4, 0.5) is 0 Å². The van der Waals surface area contributed by atoms with Gasteiger partial charge >= 0.3 is 0 Å². The SMILES string of the molecule is Oc1ccc(-c2ccccc2C2(c3ccccc3-c3ccc(O)cc3)c3ccccc3-c3ccccc32)cc1. The van der Waals surface area contributed by atoms with E-state index < -0.39 is 5.41 Å². The fraction of sp³-hybridized carbons (Fsp3) is 0.0270. The summed E-state index contributed by atoms with van der Waals surface area (Å²) in [4.78, 5) is 0. The summed E-state index contributed by atoms with van der Waals surface area (Å²) >= 11 is 0. The van der Waals surface area contributed by atoms with Crippen molar-refractivity contribution in [3.63, 3.8) is 0 Å². The second-order valence-corrected chi connectivity index (χ2v) is 10.0. The van der Waals surface area contributed by atoms with E-state index in [1.807, 2.05) is 24.3 Å². The van der Waals surface area contributed by atoms with Gasteiger partial charge in [-0.15, -0.1) is 0 Å². The Kier molecular flexibility index (Phi) is 5.35. The van der Waals surface area contributed by atoms with E-state index in [9.17, 15) is 10.2 Å². The first kappa shape index (κ1) is 23.1. The summed E-state index contributed by atoms with van der Waals surface area (Å²) in [6.07, 6.45) is 0. The molecule has 1 aliphatic rings. The van der Waals surface area contributed by atoms with Gasteiger partial charge in [0.25, 0.3) is 0 Å². The van der Waals surface area contributed by atoms with Crippen molar-refractivity contribution in [2.24, 2.45) is 0 Å². The molecule has 0 radical (unpaired) electrons. The van der Waals surface area contributed by atoms with Crippen molar-refractivity contribution in [3.8, 4) is 44.9 Å². The van der Waals surface area contributed by atoms with E-state index in [4.69, 9.17) is 0 Å². The molecular formula is C37H26O2. The van der Waals surface area contributed by atoms with Gasteiger partial charge in [0.2, 0.25) is 0 Å². The van der Waals surface area contributed by atoms with Gasteiger partial charge < -0.3 is 10.2 Å². The smallest absolute Gasteiger partial charge is 0.115 e. The molecule has 0 heterocycles. The van der Waals surface area contributed by atoms with Gasteiger partial charge in [-0.1, -0.05) is 121 Å². The van der Waals surface area contributed by atoms with Crippen molar-refractivity contribution < 1.29 is 10.2 Å². The number of hydrogen-bond donors (Lipinski definition) is 2. The van der Waals surface area contributed by atoms with Gasteiger partial charge in [0.1, 0.15) is 11.5 Å².